The first-order valence-electron chi connectivity index (χ1n) is 7.19. The Labute approximate surface area is 123 Å². The molecule has 1 heterocycles. The molecule has 0 aromatic rings. The third-order valence-corrected chi connectivity index (χ3v) is 3.51. The van der Waals surface area contributed by atoms with Crippen LogP contribution >= 0.6 is 0 Å². The first kappa shape index (κ1) is 18.2. The van der Waals surface area contributed by atoms with Crippen LogP contribution in [-0.4, -0.2) is 78.4 Å². The molecule has 0 bridgehead atoms. The average molecular weight is 311 g/mol. The summed E-state index contributed by atoms with van der Waals surface area (Å²) in [5.41, 5.74) is 0. The Balaban J connectivity index is 2.40. The fraction of sp³-hybridized carbons (Fsp3) is 0.923. The number of hydrogen-bond donors (Lipinski definition) is 2. The Bertz CT molecular complexity index is 337. The summed E-state index contributed by atoms with van der Waals surface area (Å²) in [6.45, 7) is 4.96. The van der Waals surface area contributed by atoms with Crippen LogP contribution in [0.5, 0.6) is 0 Å². The van der Waals surface area contributed by atoms with Crippen LogP contribution in [0.4, 0.5) is 13.2 Å². The Kier molecular flexibility index (Phi) is 6.89. The van der Waals surface area contributed by atoms with Gasteiger partial charge in [-0.1, -0.05) is 6.92 Å². The van der Waals surface area contributed by atoms with Gasteiger partial charge in [-0.15, -0.1) is 0 Å². The van der Waals surface area contributed by atoms with Crippen molar-refractivity contribution < 1.29 is 23.1 Å². The average Bonchev–Trinajstić information content (AvgIpc) is 2.37. The van der Waals surface area contributed by atoms with Crippen molar-refractivity contribution in [1.82, 2.24) is 15.1 Å². The van der Waals surface area contributed by atoms with Crippen LogP contribution < -0.4 is 5.32 Å². The lowest BCUT2D eigenvalue weighted by Crippen LogP contribution is -2.56. The van der Waals surface area contributed by atoms with Crippen molar-refractivity contribution in [3.63, 3.8) is 0 Å². The second-order valence-corrected chi connectivity index (χ2v) is 5.53. The summed E-state index contributed by atoms with van der Waals surface area (Å²) in [5, 5.41) is 11.3. The largest absolute Gasteiger partial charge is 0.405 e. The number of nitrogens with one attached hydrogen (secondary N) is 1. The van der Waals surface area contributed by atoms with E-state index in [-0.39, 0.29) is 12.6 Å². The van der Waals surface area contributed by atoms with Gasteiger partial charge < -0.3 is 10.4 Å². The van der Waals surface area contributed by atoms with E-state index >= 15 is 0 Å². The maximum absolute atomic E-state index is 12.0. The van der Waals surface area contributed by atoms with Gasteiger partial charge in [-0.2, -0.15) is 13.2 Å². The molecule has 1 aliphatic rings. The number of carbonyl (C=O) groups excluding carboxylic acids is 1. The van der Waals surface area contributed by atoms with E-state index in [1.54, 1.807) is 6.92 Å². The zero-order chi connectivity index (χ0) is 16.0. The van der Waals surface area contributed by atoms with Gasteiger partial charge in [0.15, 0.2) is 0 Å². The highest BCUT2D eigenvalue weighted by Gasteiger charge is 2.30. The number of halogens is 3. The molecule has 1 aliphatic heterocycles. The molecule has 0 aromatic heterocycles. The van der Waals surface area contributed by atoms with E-state index in [0.717, 1.165) is 6.42 Å². The van der Waals surface area contributed by atoms with Crippen molar-refractivity contribution in [3.05, 3.63) is 0 Å². The first-order chi connectivity index (χ1) is 9.71. The molecule has 1 saturated heterocycles. The lowest BCUT2D eigenvalue weighted by atomic mass is 10.1. The molecule has 0 aliphatic carbocycles. The van der Waals surface area contributed by atoms with E-state index < -0.39 is 24.7 Å². The highest BCUT2D eigenvalue weighted by molar-refractivity contribution is 5.78. The number of β-amino-alcohol motifs (C(OH)–C–C–N with tert-alkyl or cyclic N) is 1. The third-order valence-electron chi connectivity index (χ3n) is 3.51. The van der Waals surface area contributed by atoms with Crippen molar-refractivity contribution in [1.29, 1.82) is 0 Å². The van der Waals surface area contributed by atoms with Crippen molar-refractivity contribution in [3.8, 4) is 0 Å². The predicted molar refractivity (Wildman–Crippen MR) is 72.8 cm³/mol. The lowest BCUT2D eigenvalue weighted by Gasteiger charge is -2.41. The van der Waals surface area contributed by atoms with Crippen molar-refractivity contribution in [2.45, 2.75) is 38.6 Å². The standard InChI is InChI=1S/C13H24F3N3O2/c1-3-11-7-18(4-5-19(11)6-10(2)20)8-12(21)17-9-13(14,15)16/h10-11,20H,3-9H2,1-2H3,(H,17,21)/t10-,11-/m0/s1. The summed E-state index contributed by atoms with van der Waals surface area (Å²) in [7, 11) is 0. The van der Waals surface area contributed by atoms with Gasteiger partial charge in [0.05, 0.1) is 12.6 Å². The molecule has 124 valence electrons. The van der Waals surface area contributed by atoms with E-state index in [1.165, 1.54) is 0 Å². The van der Waals surface area contributed by atoms with E-state index in [1.807, 2.05) is 17.1 Å². The van der Waals surface area contributed by atoms with Crippen LogP contribution in [0.1, 0.15) is 20.3 Å². The van der Waals surface area contributed by atoms with Crippen LogP contribution in [0, 0.1) is 0 Å². The number of aliphatic hydroxyl groups excluding tert-OH is 1. The van der Waals surface area contributed by atoms with Crippen LogP contribution in [0.2, 0.25) is 0 Å². The van der Waals surface area contributed by atoms with Crippen molar-refractivity contribution in [2.24, 2.45) is 0 Å². The summed E-state index contributed by atoms with van der Waals surface area (Å²) in [5.74, 6) is -0.605. The van der Waals surface area contributed by atoms with Crippen molar-refractivity contribution in [2.75, 3.05) is 39.3 Å². The summed E-state index contributed by atoms with van der Waals surface area (Å²) < 4.78 is 36.1. The Morgan fingerprint density at radius 3 is 2.62 bits per heavy atom. The molecule has 2 atom stereocenters. The molecule has 1 amide bonds. The SMILES string of the molecule is CC[C@H]1CN(CC(=O)NCC(F)(F)F)CCN1C[C@H](C)O. The lowest BCUT2D eigenvalue weighted by molar-refractivity contribution is -0.139. The molecule has 0 saturated carbocycles. The second-order valence-electron chi connectivity index (χ2n) is 5.53. The highest BCUT2D eigenvalue weighted by atomic mass is 19.4. The highest BCUT2D eigenvalue weighted by Crippen LogP contribution is 2.14. The van der Waals surface area contributed by atoms with Gasteiger partial charge in [0.1, 0.15) is 6.54 Å². The van der Waals surface area contributed by atoms with Gasteiger partial charge in [0.2, 0.25) is 5.91 Å². The molecule has 8 heteroatoms. The van der Waals surface area contributed by atoms with Crippen LogP contribution in [-0.2, 0) is 4.79 Å². The molecule has 5 nitrogen and oxygen atoms in total. The molecular formula is C13H24F3N3O2. The van der Waals surface area contributed by atoms with Gasteiger partial charge in [-0.25, -0.2) is 0 Å². The van der Waals surface area contributed by atoms with E-state index in [2.05, 4.69) is 4.90 Å². The molecule has 0 aromatic carbocycles. The van der Waals surface area contributed by atoms with E-state index in [4.69, 9.17) is 0 Å². The van der Waals surface area contributed by atoms with Gasteiger partial charge >= 0.3 is 6.18 Å². The summed E-state index contributed by atoms with van der Waals surface area (Å²) in [4.78, 5) is 15.5. The predicted octanol–water partition coefficient (Wildman–Crippen LogP) is 0.442. The number of nitrogens with zero attached hydrogens (tertiary/aromatic N) is 2. The van der Waals surface area contributed by atoms with Gasteiger partial charge in [0.25, 0.3) is 0 Å². The van der Waals surface area contributed by atoms with Crippen LogP contribution in [0.15, 0.2) is 0 Å². The summed E-state index contributed by atoms with van der Waals surface area (Å²) in [6, 6.07) is 0.212. The van der Waals surface area contributed by atoms with Gasteiger partial charge in [-0.3, -0.25) is 14.6 Å². The number of piperazine rings is 1. The summed E-state index contributed by atoms with van der Waals surface area (Å²) in [6.07, 6.45) is -3.92. The fourth-order valence-corrected chi connectivity index (χ4v) is 2.53. The minimum absolute atomic E-state index is 0.0188. The Morgan fingerprint density at radius 1 is 1.43 bits per heavy atom. The quantitative estimate of drug-likeness (QED) is 0.747. The summed E-state index contributed by atoms with van der Waals surface area (Å²) >= 11 is 0. The fourth-order valence-electron chi connectivity index (χ4n) is 2.53. The normalized spacial score (nSPS) is 23.0. The number of rotatable bonds is 6. The maximum Gasteiger partial charge on any atom is 0.405 e. The van der Waals surface area contributed by atoms with E-state index in [9.17, 15) is 23.1 Å². The molecule has 2 N–H and O–H groups in total. The van der Waals surface area contributed by atoms with Crippen LogP contribution in [0.25, 0.3) is 0 Å². The molecular weight excluding hydrogens is 287 g/mol. The number of hydrogen-bond acceptors (Lipinski definition) is 4. The first-order valence-corrected chi connectivity index (χ1v) is 7.19. The third kappa shape index (κ3) is 7.10. The minimum Gasteiger partial charge on any atom is -0.392 e. The topological polar surface area (TPSA) is 55.8 Å². The van der Waals surface area contributed by atoms with Crippen LogP contribution in [0.3, 0.4) is 0 Å². The molecule has 0 unspecified atom stereocenters. The smallest absolute Gasteiger partial charge is 0.392 e. The molecule has 1 fully saturated rings. The maximum atomic E-state index is 12.0. The molecule has 1 rings (SSSR count). The Hall–Kier alpha value is -0.860. The number of amides is 1. The monoisotopic (exact) mass is 311 g/mol. The van der Waals surface area contributed by atoms with E-state index in [0.29, 0.717) is 26.2 Å². The van der Waals surface area contributed by atoms with Gasteiger partial charge in [-0.05, 0) is 13.3 Å². The molecule has 0 radical (unpaired) electrons. The minimum atomic E-state index is -4.38. The number of alkyl halides is 3. The zero-order valence-corrected chi connectivity index (χ0v) is 12.5. The molecule has 0 spiro atoms. The number of carbonyl (C=O) groups is 1. The molecule has 21 heavy (non-hydrogen) atoms. The Morgan fingerprint density at radius 2 is 2.10 bits per heavy atom. The number of aliphatic hydroxyl groups is 1. The van der Waals surface area contributed by atoms with Crippen molar-refractivity contribution >= 4 is 5.91 Å². The van der Waals surface area contributed by atoms with Gasteiger partial charge in [0, 0.05) is 32.2 Å². The zero-order valence-electron chi connectivity index (χ0n) is 12.5. The second kappa shape index (κ2) is 7.95.